The first-order chi connectivity index (χ1) is 7.29. The summed E-state index contributed by atoms with van der Waals surface area (Å²) in [7, 11) is 0. The second-order valence-corrected chi connectivity index (χ2v) is 5.93. The molecule has 0 aliphatic heterocycles. The number of aryl methyl sites for hydroxylation is 1. The molecule has 2 N–H and O–H groups in total. The summed E-state index contributed by atoms with van der Waals surface area (Å²) in [4.78, 5) is 0.981. The van der Waals surface area contributed by atoms with Crippen molar-refractivity contribution >= 4 is 27.3 Å². The number of alkyl halides is 3. The van der Waals surface area contributed by atoms with E-state index in [0.29, 0.717) is 0 Å². The summed E-state index contributed by atoms with van der Waals surface area (Å²) in [5.74, 6) is 0. The third-order valence-electron chi connectivity index (χ3n) is 1.89. The van der Waals surface area contributed by atoms with Crippen molar-refractivity contribution in [2.45, 2.75) is 19.1 Å². The van der Waals surface area contributed by atoms with Crippen LogP contribution in [0, 0.1) is 6.92 Å². The van der Waals surface area contributed by atoms with E-state index in [0.717, 1.165) is 14.2 Å². The van der Waals surface area contributed by atoms with E-state index >= 15 is 0 Å². The summed E-state index contributed by atoms with van der Waals surface area (Å²) in [6, 6.07) is 1.28. The van der Waals surface area contributed by atoms with Crippen molar-refractivity contribution in [2.75, 3.05) is 13.2 Å². The molecule has 0 bridgehead atoms. The van der Waals surface area contributed by atoms with Gasteiger partial charge in [0.1, 0.15) is 6.61 Å². The number of rotatable bonds is 4. The Morgan fingerprint density at radius 3 is 2.62 bits per heavy atom. The predicted molar refractivity (Wildman–Crippen MR) is 60.6 cm³/mol. The van der Waals surface area contributed by atoms with Crippen LogP contribution in [0.3, 0.4) is 0 Å². The lowest BCUT2D eigenvalue weighted by Crippen LogP contribution is -2.23. The molecule has 0 aliphatic rings. The summed E-state index contributed by atoms with van der Waals surface area (Å²) < 4.78 is 40.9. The van der Waals surface area contributed by atoms with Gasteiger partial charge in [-0.1, -0.05) is 0 Å². The molecular weight excluding hydrogens is 307 g/mol. The first kappa shape index (κ1) is 14.0. The molecule has 2 nitrogen and oxygen atoms in total. The molecule has 7 heteroatoms. The van der Waals surface area contributed by atoms with E-state index in [2.05, 4.69) is 20.7 Å². The molecule has 0 fully saturated rings. The number of thiophene rings is 1. The van der Waals surface area contributed by atoms with Gasteiger partial charge in [-0.05, 0) is 34.5 Å². The van der Waals surface area contributed by atoms with E-state index in [9.17, 15) is 13.2 Å². The van der Waals surface area contributed by atoms with Crippen molar-refractivity contribution in [2.24, 2.45) is 5.73 Å². The zero-order chi connectivity index (χ0) is 12.3. The van der Waals surface area contributed by atoms with Gasteiger partial charge >= 0.3 is 6.18 Å². The molecule has 1 aromatic heterocycles. The van der Waals surface area contributed by atoms with Crippen LogP contribution in [0.2, 0.25) is 0 Å². The van der Waals surface area contributed by atoms with E-state index in [1.165, 1.54) is 11.3 Å². The Balaban J connectivity index is 2.47. The fourth-order valence-electron chi connectivity index (χ4n) is 1.22. The van der Waals surface area contributed by atoms with Gasteiger partial charge in [-0.25, -0.2) is 0 Å². The fraction of sp³-hybridized carbons (Fsp3) is 0.556. The van der Waals surface area contributed by atoms with Crippen molar-refractivity contribution in [3.05, 3.63) is 20.3 Å². The Hall–Kier alpha value is -0.110. The second-order valence-electron chi connectivity index (χ2n) is 3.30. The van der Waals surface area contributed by atoms with Crippen LogP contribution < -0.4 is 5.73 Å². The Labute approximate surface area is 104 Å². The predicted octanol–water partition coefficient (Wildman–Crippen LogP) is 3.40. The summed E-state index contributed by atoms with van der Waals surface area (Å²) in [5, 5.41) is 0. The minimum atomic E-state index is -4.30. The topological polar surface area (TPSA) is 35.2 Å². The van der Waals surface area contributed by atoms with Gasteiger partial charge in [0, 0.05) is 4.88 Å². The minimum absolute atomic E-state index is 0.135. The third kappa shape index (κ3) is 4.40. The standard InChI is InChI=1S/C9H11BrF3NOS/c1-5-6(2-8(10)16-5)7(14)3-15-4-9(11,12)13/h2,7H,3-4,14H2,1H3. The maximum atomic E-state index is 11.8. The highest BCUT2D eigenvalue weighted by molar-refractivity contribution is 9.11. The fourth-order valence-corrected chi connectivity index (χ4v) is 3.00. The van der Waals surface area contributed by atoms with Gasteiger partial charge in [0.05, 0.1) is 16.4 Å². The molecule has 0 radical (unpaired) electrons. The summed E-state index contributed by atoms with van der Waals surface area (Å²) >= 11 is 4.79. The van der Waals surface area contributed by atoms with Crippen LogP contribution in [-0.4, -0.2) is 19.4 Å². The zero-order valence-corrected chi connectivity index (χ0v) is 10.9. The smallest absolute Gasteiger partial charge is 0.370 e. The summed E-state index contributed by atoms with van der Waals surface area (Å²) in [6.07, 6.45) is -4.30. The van der Waals surface area contributed by atoms with Crippen LogP contribution in [-0.2, 0) is 4.74 Å². The zero-order valence-electron chi connectivity index (χ0n) is 8.47. The molecule has 1 aromatic rings. The highest BCUT2D eigenvalue weighted by Crippen LogP contribution is 2.30. The van der Waals surface area contributed by atoms with Gasteiger partial charge in [-0.3, -0.25) is 0 Å². The molecule has 1 atom stereocenters. The first-order valence-corrected chi connectivity index (χ1v) is 6.06. The Morgan fingerprint density at radius 1 is 1.56 bits per heavy atom. The minimum Gasteiger partial charge on any atom is -0.370 e. The lowest BCUT2D eigenvalue weighted by molar-refractivity contribution is -0.174. The van der Waals surface area contributed by atoms with Crippen LogP contribution in [0.25, 0.3) is 0 Å². The van der Waals surface area contributed by atoms with Crippen LogP contribution in [0.4, 0.5) is 13.2 Å². The van der Waals surface area contributed by atoms with Crippen molar-refractivity contribution in [1.82, 2.24) is 0 Å². The molecule has 0 saturated heterocycles. The maximum absolute atomic E-state index is 11.8. The molecule has 16 heavy (non-hydrogen) atoms. The van der Waals surface area contributed by atoms with Crippen molar-refractivity contribution in [3.8, 4) is 0 Å². The Bertz CT molecular complexity index is 353. The van der Waals surface area contributed by atoms with Crippen molar-refractivity contribution in [3.63, 3.8) is 0 Å². The van der Waals surface area contributed by atoms with Crippen molar-refractivity contribution < 1.29 is 17.9 Å². The molecule has 0 aromatic carbocycles. The van der Waals surface area contributed by atoms with Gasteiger partial charge in [-0.15, -0.1) is 11.3 Å². The summed E-state index contributed by atoms with van der Waals surface area (Å²) in [6.45, 7) is 0.475. The molecule has 1 unspecified atom stereocenters. The van der Waals surface area contributed by atoms with Crippen LogP contribution in [0.15, 0.2) is 9.85 Å². The van der Waals surface area contributed by atoms with Crippen LogP contribution >= 0.6 is 27.3 Å². The third-order valence-corrected chi connectivity index (χ3v) is 3.46. The van der Waals surface area contributed by atoms with Crippen LogP contribution in [0.1, 0.15) is 16.5 Å². The van der Waals surface area contributed by atoms with E-state index in [1.807, 2.05) is 13.0 Å². The molecule has 1 rings (SSSR count). The average Bonchev–Trinajstić information content (AvgIpc) is 2.43. The number of nitrogens with two attached hydrogens (primary N) is 1. The number of halogens is 4. The molecule has 0 aliphatic carbocycles. The highest BCUT2D eigenvalue weighted by atomic mass is 79.9. The van der Waals surface area contributed by atoms with E-state index in [1.54, 1.807) is 0 Å². The maximum Gasteiger partial charge on any atom is 0.411 e. The first-order valence-electron chi connectivity index (χ1n) is 4.45. The molecule has 92 valence electrons. The van der Waals surface area contributed by atoms with E-state index in [-0.39, 0.29) is 6.61 Å². The SMILES string of the molecule is Cc1sc(Br)cc1C(N)COCC(F)(F)F. The average molecular weight is 318 g/mol. The second kappa shape index (κ2) is 5.48. The Morgan fingerprint density at radius 2 is 2.19 bits per heavy atom. The molecular formula is C9H11BrF3NOS. The van der Waals surface area contributed by atoms with Gasteiger partial charge in [0.25, 0.3) is 0 Å². The van der Waals surface area contributed by atoms with Gasteiger partial charge in [-0.2, -0.15) is 13.2 Å². The van der Waals surface area contributed by atoms with Crippen LogP contribution in [0.5, 0.6) is 0 Å². The van der Waals surface area contributed by atoms with Gasteiger partial charge in [0.2, 0.25) is 0 Å². The quantitative estimate of drug-likeness (QED) is 0.923. The molecule has 0 spiro atoms. The molecule has 1 heterocycles. The number of hydrogen-bond acceptors (Lipinski definition) is 3. The van der Waals surface area contributed by atoms with Gasteiger partial charge in [0.15, 0.2) is 0 Å². The summed E-state index contributed by atoms with van der Waals surface area (Å²) in [5.41, 5.74) is 6.55. The molecule has 0 saturated carbocycles. The number of hydrogen-bond donors (Lipinski definition) is 1. The number of ether oxygens (including phenoxy) is 1. The highest BCUT2D eigenvalue weighted by Gasteiger charge is 2.28. The largest absolute Gasteiger partial charge is 0.411 e. The Kier molecular flexibility index (Phi) is 4.78. The van der Waals surface area contributed by atoms with Gasteiger partial charge < -0.3 is 10.5 Å². The van der Waals surface area contributed by atoms with E-state index < -0.39 is 18.8 Å². The molecule has 0 amide bonds. The normalized spacial score (nSPS) is 14.1. The lowest BCUT2D eigenvalue weighted by Gasteiger charge is -2.13. The van der Waals surface area contributed by atoms with Crippen molar-refractivity contribution in [1.29, 1.82) is 0 Å². The lowest BCUT2D eigenvalue weighted by atomic mass is 10.1. The van der Waals surface area contributed by atoms with E-state index in [4.69, 9.17) is 5.73 Å². The monoisotopic (exact) mass is 317 g/mol.